The number of carbonyl (C=O) groups is 2. The zero-order valence-corrected chi connectivity index (χ0v) is 15.2. The van der Waals surface area contributed by atoms with E-state index in [1.165, 1.54) is 0 Å². The number of pyridine rings is 1. The van der Waals surface area contributed by atoms with E-state index < -0.39 is 0 Å². The molecule has 0 bridgehead atoms. The average Bonchev–Trinajstić information content (AvgIpc) is 2.94. The molecule has 2 aliphatic rings. The summed E-state index contributed by atoms with van der Waals surface area (Å²) in [5, 5.41) is 2.98. The molecule has 1 N–H and O–H groups in total. The maximum Gasteiger partial charge on any atom is 0.256 e. The second-order valence-corrected chi connectivity index (χ2v) is 6.79. The standard InChI is InChI=1S/C18H26N4O3/c1-4-22-11-15-14(18(22)24)8-13(17(20-15)25-3)9-19-16(23)12-6-5-7-21(2)10-12/h8,12H,4-7,9-11H2,1-3H3,(H,19,23). The monoisotopic (exact) mass is 346 g/mol. The second kappa shape index (κ2) is 7.39. The summed E-state index contributed by atoms with van der Waals surface area (Å²) in [4.78, 5) is 33.2. The van der Waals surface area contributed by atoms with Crippen LogP contribution in [0.25, 0.3) is 0 Å². The van der Waals surface area contributed by atoms with Gasteiger partial charge in [0.05, 0.1) is 30.8 Å². The van der Waals surface area contributed by atoms with Gasteiger partial charge < -0.3 is 19.9 Å². The first kappa shape index (κ1) is 17.7. The number of hydrogen-bond acceptors (Lipinski definition) is 5. The lowest BCUT2D eigenvalue weighted by molar-refractivity contribution is -0.126. The molecule has 2 amide bonds. The van der Waals surface area contributed by atoms with Gasteiger partial charge in [-0.1, -0.05) is 0 Å². The number of ether oxygens (including phenoxy) is 1. The molecular formula is C18H26N4O3. The predicted octanol–water partition coefficient (Wildman–Crippen LogP) is 1.02. The van der Waals surface area contributed by atoms with Gasteiger partial charge in [-0.05, 0) is 39.4 Å². The molecule has 25 heavy (non-hydrogen) atoms. The van der Waals surface area contributed by atoms with Gasteiger partial charge in [0, 0.05) is 25.2 Å². The number of rotatable bonds is 5. The lowest BCUT2D eigenvalue weighted by Crippen LogP contribution is -2.41. The number of fused-ring (bicyclic) bond motifs is 1. The number of piperidine rings is 1. The summed E-state index contributed by atoms with van der Waals surface area (Å²) in [7, 11) is 3.60. The fraction of sp³-hybridized carbons (Fsp3) is 0.611. The lowest BCUT2D eigenvalue weighted by Gasteiger charge is -2.28. The van der Waals surface area contributed by atoms with Crippen LogP contribution >= 0.6 is 0 Å². The van der Waals surface area contributed by atoms with Gasteiger partial charge in [0.1, 0.15) is 0 Å². The van der Waals surface area contributed by atoms with Crippen molar-refractivity contribution in [3.05, 3.63) is 22.9 Å². The molecule has 1 aromatic rings. The fourth-order valence-corrected chi connectivity index (χ4v) is 3.57. The summed E-state index contributed by atoms with van der Waals surface area (Å²) in [6.07, 6.45) is 1.96. The van der Waals surface area contributed by atoms with Gasteiger partial charge in [-0.15, -0.1) is 0 Å². The van der Waals surface area contributed by atoms with Gasteiger partial charge in [-0.3, -0.25) is 9.59 Å². The minimum atomic E-state index is -0.00543. The lowest BCUT2D eigenvalue weighted by atomic mass is 9.97. The van der Waals surface area contributed by atoms with E-state index in [0.29, 0.717) is 31.1 Å². The third-order valence-corrected chi connectivity index (χ3v) is 5.02. The van der Waals surface area contributed by atoms with Gasteiger partial charge >= 0.3 is 0 Å². The van der Waals surface area contributed by atoms with E-state index in [0.717, 1.165) is 37.2 Å². The van der Waals surface area contributed by atoms with Gasteiger partial charge in [-0.2, -0.15) is 0 Å². The number of methoxy groups -OCH3 is 1. The van der Waals surface area contributed by atoms with E-state index in [1.807, 2.05) is 20.0 Å². The second-order valence-electron chi connectivity index (χ2n) is 6.79. The van der Waals surface area contributed by atoms with Crippen LogP contribution in [0.3, 0.4) is 0 Å². The summed E-state index contributed by atoms with van der Waals surface area (Å²) in [5.74, 6) is 0.541. The zero-order valence-electron chi connectivity index (χ0n) is 15.2. The van der Waals surface area contributed by atoms with E-state index in [9.17, 15) is 9.59 Å². The number of hydrogen-bond donors (Lipinski definition) is 1. The first-order valence-electron chi connectivity index (χ1n) is 8.85. The summed E-state index contributed by atoms with van der Waals surface area (Å²) in [6.45, 7) is 5.27. The van der Waals surface area contributed by atoms with Gasteiger partial charge in [-0.25, -0.2) is 4.98 Å². The highest BCUT2D eigenvalue weighted by molar-refractivity contribution is 5.98. The van der Waals surface area contributed by atoms with Crippen molar-refractivity contribution in [1.82, 2.24) is 20.1 Å². The van der Waals surface area contributed by atoms with Gasteiger partial charge in [0.2, 0.25) is 11.8 Å². The summed E-state index contributed by atoms with van der Waals surface area (Å²) >= 11 is 0. The first-order chi connectivity index (χ1) is 12.0. The molecule has 0 aliphatic carbocycles. The Kier molecular flexibility index (Phi) is 5.22. The third kappa shape index (κ3) is 3.61. The van der Waals surface area contributed by atoms with Crippen molar-refractivity contribution in [2.45, 2.75) is 32.9 Å². The molecule has 136 valence electrons. The van der Waals surface area contributed by atoms with Crippen LogP contribution in [-0.2, 0) is 17.9 Å². The molecule has 0 radical (unpaired) electrons. The van der Waals surface area contributed by atoms with Crippen LogP contribution in [0, 0.1) is 5.92 Å². The van der Waals surface area contributed by atoms with Gasteiger partial charge in [0.25, 0.3) is 5.91 Å². The number of nitrogens with one attached hydrogen (secondary N) is 1. The Labute approximate surface area is 148 Å². The molecule has 0 saturated carbocycles. The van der Waals surface area contributed by atoms with Crippen LogP contribution in [0.4, 0.5) is 0 Å². The summed E-state index contributed by atoms with van der Waals surface area (Å²) in [5.41, 5.74) is 2.10. The minimum absolute atomic E-state index is 0.00543. The Balaban J connectivity index is 1.71. The van der Waals surface area contributed by atoms with Crippen LogP contribution in [0.5, 0.6) is 5.88 Å². The van der Waals surface area contributed by atoms with Crippen molar-refractivity contribution >= 4 is 11.8 Å². The molecule has 3 heterocycles. The van der Waals surface area contributed by atoms with Crippen LogP contribution in [-0.4, -0.2) is 60.4 Å². The molecule has 1 aromatic heterocycles. The quantitative estimate of drug-likeness (QED) is 0.862. The Morgan fingerprint density at radius 2 is 2.28 bits per heavy atom. The molecule has 3 rings (SSSR count). The van der Waals surface area contributed by atoms with E-state index in [4.69, 9.17) is 4.74 Å². The van der Waals surface area contributed by atoms with Crippen LogP contribution in [0.15, 0.2) is 6.07 Å². The molecule has 7 heteroatoms. The number of likely N-dealkylation sites (tertiary alicyclic amines) is 1. The van der Waals surface area contributed by atoms with E-state index in [1.54, 1.807) is 12.0 Å². The average molecular weight is 346 g/mol. The van der Waals surface area contributed by atoms with Crippen molar-refractivity contribution < 1.29 is 14.3 Å². The summed E-state index contributed by atoms with van der Waals surface area (Å²) in [6, 6.07) is 1.81. The molecule has 1 fully saturated rings. The predicted molar refractivity (Wildman–Crippen MR) is 93.3 cm³/mol. The maximum atomic E-state index is 12.4. The van der Waals surface area contributed by atoms with Crippen molar-refractivity contribution in [3.8, 4) is 5.88 Å². The maximum absolute atomic E-state index is 12.4. The summed E-state index contributed by atoms with van der Waals surface area (Å²) < 4.78 is 5.37. The first-order valence-corrected chi connectivity index (χ1v) is 8.85. The Bertz CT molecular complexity index is 677. The Morgan fingerprint density at radius 3 is 2.96 bits per heavy atom. The SMILES string of the molecule is CCN1Cc2nc(OC)c(CNC(=O)C3CCCN(C)C3)cc2C1=O. The van der Waals surface area contributed by atoms with Crippen LogP contribution < -0.4 is 10.1 Å². The minimum Gasteiger partial charge on any atom is -0.481 e. The Hall–Kier alpha value is -2.15. The Morgan fingerprint density at radius 1 is 1.48 bits per heavy atom. The molecule has 7 nitrogen and oxygen atoms in total. The van der Waals surface area contributed by atoms with Crippen molar-refractivity contribution in [1.29, 1.82) is 0 Å². The van der Waals surface area contributed by atoms with Gasteiger partial charge in [0.15, 0.2) is 0 Å². The number of nitrogens with zero attached hydrogens (tertiary/aromatic N) is 3. The van der Waals surface area contributed by atoms with E-state index in [-0.39, 0.29) is 17.7 Å². The number of amides is 2. The molecule has 0 aromatic carbocycles. The molecule has 1 saturated heterocycles. The third-order valence-electron chi connectivity index (χ3n) is 5.02. The normalized spacial score (nSPS) is 20.5. The van der Waals surface area contributed by atoms with Crippen molar-refractivity contribution in [2.24, 2.45) is 5.92 Å². The van der Waals surface area contributed by atoms with E-state index in [2.05, 4.69) is 15.2 Å². The van der Waals surface area contributed by atoms with Crippen LogP contribution in [0.2, 0.25) is 0 Å². The molecular weight excluding hydrogens is 320 g/mol. The highest BCUT2D eigenvalue weighted by atomic mass is 16.5. The van der Waals surface area contributed by atoms with Crippen molar-refractivity contribution in [3.63, 3.8) is 0 Å². The molecule has 2 aliphatic heterocycles. The van der Waals surface area contributed by atoms with Crippen molar-refractivity contribution in [2.75, 3.05) is 33.8 Å². The zero-order chi connectivity index (χ0) is 18.0. The van der Waals surface area contributed by atoms with E-state index >= 15 is 0 Å². The number of carbonyl (C=O) groups excluding carboxylic acids is 2. The number of aromatic nitrogens is 1. The molecule has 1 atom stereocenters. The smallest absolute Gasteiger partial charge is 0.256 e. The fourth-order valence-electron chi connectivity index (χ4n) is 3.57. The van der Waals surface area contributed by atoms with Crippen LogP contribution in [0.1, 0.15) is 41.4 Å². The largest absolute Gasteiger partial charge is 0.481 e. The topological polar surface area (TPSA) is 74.8 Å². The highest BCUT2D eigenvalue weighted by Crippen LogP contribution is 2.27. The highest BCUT2D eigenvalue weighted by Gasteiger charge is 2.30. The molecule has 0 spiro atoms. The molecule has 1 unspecified atom stereocenters.